The molecule has 6 nitrogen and oxygen atoms in total. The van der Waals surface area contributed by atoms with Crippen LogP contribution in [-0.2, 0) is 30.6 Å². The minimum absolute atomic E-state index is 0.157. The summed E-state index contributed by atoms with van der Waals surface area (Å²) in [7, 11) is 0. The molecule has 4 rings (SSSR count). The molecule has 1 aromatic rings. The summed E-state index contributed by atoms with van der Waals surface area (Å²) in [6, 6.07) is 7.83. The van der Waals surface area contributed by atoms with Crippen molar-refractivity contribution in [1.29, 1.82) is 0 Å². The number of allylic oxidation sites excluding steroid dienone is 2. The molecule has 6 heteroatoms. The van der Waals surface area contributed by atoms with E-state index in [0.29, 0.717) is 0 Å². The number of carbonyl (C=O) groups excluding carboxylic acids is 4. The highest BCUT2D eigenvalue weighted by atomic mass is 16.7. The molecule has 0 spiro atoms. The molecule has 2 aliphatic carbocycles. The molecule has 2 bridgehead atoms. The average molecular weight is 327 g/mol. The van der Waals surface area contributed by atoms with Crippen molar-refractivity contribution in [3.63, 3.8) is 0 Å². The molecule has 24 heavy (non-hydrogen) atoms. The zero-order chi connectivity index (χ0) is 17.3. The molecule has 0 radical (unpaired) electrons. The largest absolute Gasteiger partial charge is 0.373 e. The van der Waals surface area contributed by atoms with Crippen molar-refractivity contribution in [2.24, 2.45) is 23.7 Å². The van der Waals surface area contributed by atoms with Crippen molar-refractivity contribution in [2.75, 3.05) is 0 Å². The number of aryl methyl sites for hydroxylation is 1. The second kappa shape index (κ2) is 6.51. The Morgan fingerprint density at radius 1 is 1.08 bits per heavy atom. The van der Waals surface area contributed by atoms with Gasteiger partial charge in [0.15, 0.2) is 0 Å². The maximum Gasteiger partial charge on any atom is 0.373 e. The number of carbonyl (C=O) groups is 2. The van der Waals surface area contributed by atoms with Gasteiger partial charge in [0.25, 0.3) is 11.8 Å². The maximum absolute atomic E-state index is 12.4. The first kappa shape index (κ1) is 16.3. The van der Waals surface area contributed by atoms with Crippen LogP contribution in [0, 0.1) is 30.6 Å². The molecule has 1 heterocycles. The molecule has 0 aromatic heterocycles. The Morgan fingerprint density at radius 3 is 2.17 bits per heavy atom. The number of benzene rings is 1. The van der Waals surface area contributed by atoms with Gasteiger partial charge in [-0.15, -0.1) is 0 Å². The number of hydrogen-bond acceptors (Lipinski definition) is 5. The smallest absolute Gasteiger partial charge is 0.272 e. The van der Waals surface area contributed by atoms with Gasteiger partial charge in [0, 0.05) is 0 Å². The van der Waals surface area contributed by atoms with E-state index in [9.17, 15) is 9.59 Å². The summed E-state index contributed by atoms with van der Waals surface area (Å²) in [5.41, 5.74) is 2.09. The Balaban J connectivity index is 0.000000526. The lowest BCUT2D eigenvalue weighted by atomic mass is 9.85. The van der Waals surface area contributed by atoms with Crippen molar-refractivity contribution in [1.82, 2.24) is 5.06 Å². The van der Waals surface area contributed by atoms with Crippen molar-refractivity contribution in [2.45, 2.75) is 20.0 Å². The van der Waals surface area contributed by atoms with Crippen LogP contribution < -0.4 is 0 Å². The molecule has 0 N–H and O–H groups in total. The Labute approximate surface area is 139 Å². The minimum Gasteiger partial charge on any atom is -0.272 e. The summed E-state index contributed by atoms with van der Waals surface area (Å²) in [5, 5.41) is 1.02. The first-order valence-corrected chi connectivity index (χ1v) is 7.81. The van der Waals surface area contributed by atoms with Crippen LogP contribution in [0.3, 0.4) is 0 Å². The predicted molar refractivity (Wildman–Crippen MR) is 80.5 cm³/mol. The second-order valence-electron chi connectivity index (χ2n) is 6.25. The zero-order valence-corrected chi connectivity index (χ0v) is 13.2. The molecule has 2 fully saturated rings. The summed E-state index contributed by atoms with van der Waals surface area (Å²) >= 11 is 0. The van der Waals surface area contributed by atoms with Crippen molar-refractivity contribution < 1.29 is 24.0 Å². The van der Waals surface area contributed by atoms with Gasteiger partial charge in [-0.05, 0) is 36.3 Å². The normalized spacial score (nSPS) is 29.3. The zero-order valence-electron chi connectivity index (χ0n) is 13.2. The molecule has 2 amide bonds. The van der Waals surface area contributed by atoms with E-state index < -0.39 is 0 Å². The van der Waals surface area contributed by atoms with E-state index in [1.54, 1.807) is 0 Å². The quantitative estimate of drug-likeness (QED) is 0.623. The fraction of sp³-hybridized carbons (Fsp3) is 0.389. The van der Waals surface area contributed by atoms with E-state index in [-0.39, 0.29) is 48.2 Å². The minimum atomic E-state index is -0.190. The molecule has 1 aromatic carbocycles. The lowest BCUT2D eigenvalue weighted by Crippen LogP contribution is -2.33. The number of hydrogen-bond donors (Lipinski definition) is 0. The van der Waals surface area contributed by atoms with Crippen LogP contribution in [0.25, 0.3) is 0 Å². The molecule has 1 saturated carbocycles. The lowest BCUT2D eigenvalue weighted by molar-refractivity contribution is -0.194. The topological polar surface area (TPSA) is 80.8 Å². The maximum atomic E-state index is 12.4. The van der Waals surface area contributed by atoms with E-state index in [4.69, 9.17) is 14.4 Å². The predicted octanol–water partition coefficient (Wildman–Crippen LogP) is 1.65. The molecule has 4 unspecified atom stereocenters. The Kier molecular flexibility index (Phi) is 4.42. The van der Waals surface area contributed by atoms with Gasteiger partial charge in [0.1, 0.15) is 6.61 Å². The van der Waals surface area contributed by atoms with Crippen LogP contribution in [0.1, 0.15) is 17.5 Å². The van der Waals surface area contributed by atoms with Gasteiger partial charge in [0.2, 0.25) is 0 Å². The highest BCUT2D eigenvalue weighted by Gasteiger charge is 2.60. The van der Waals surface area contributed by atoms with Crippen LogP contribution in [0.5, 0.6) is 0 Å². The van der Waals surface area contributed by atoms with Gasteiger partial charge in [0.05, 0.1) is 11.8 Å². The van der Waals surface area contributed by atoms with Crippen molar-refractivity contribution in [3.05, 3.63) is 47.5 Å². The standard InChI is InChI=1S/C17H17NO3.CO2/c1-10-4-2-3-5-13(10)9-21-18-16(19)14-11-6-7-12(8-11)15(14)17(18)20;2-1-3/h2-7,11-12,14-15H,8-9H2,1H3;. The molecular formula is C18H17NO5. The SMILES string of the molecule is Cc1ccccc1CON1C(=O)C2C3C=CC(C3)C2C1=O.O=C=O. The number of fused-ring (bicyclic) bond motifs is 5. The first-order valence-electron chi connectivity index (χ1n) is 7.81. The van der Waals surface area contributed by atoms with E-state index in [1.807, 2.05) is 31.2 Å². The third kappa shape index (κ3) is 2.60. The average Bonchev–Trinajstić information content (AvgIpc) is 3.23. The summed E-state index contributed by atoms with van der Waals surface area (Å²) < 4.78 is 0. The third-order valence-electron chi connectivity index (χ3n) is 5.04. The summed E-state index contributed by atoms with van der Waals surface area (Å²) in [5.74, 6) is -0.244. The number of hydroxylamine groups is 2. The molecular weight excluding hydrogens is 310 g/mol. The first-order chi connectivity index (χ1) is 11.6. The molecule has 1 saturated heterocycles. The summed E-state index contributed by atoms with van der Waals surface area (Å²) in [6.45, 7) is 2.25. The Hall–Kier alpha value is -2.56. The van der Waals surface area contributed by atoms with E-state index in [0.717, 1.165) is 22.6 Å². The van der Waals surface area contributed by atoms with E-state index >= 15 is 0 Å². The molecule has 4 atom stereocenters. The van der Waals surface area contributed by atoms with Crippen LogP contribution in [-0.4, -0.2) is 23.0 Å². The number of rotatable bonds is 3. The third-order valence-corrected chi connectivity index (χ3v) is 5.04. The fourth-order valence-corrected chi connectivity index (χ4v) is 3.91. The van der Waals surface area contributed by atoms with Crippen molar-refractivity contribution in [3.8, 4) is 0 Å². The second-order valence-corrected chi connectivity index (χ2v) is 6.25. The monoisotopic (exact) mass is 327 g/mol. The van der Waals surface area contributed by atoms with E-state index in [1.165, 1.54) is 0 Å². The fourth-order valence-electron chi connectivity index (χ4n) is 3.91. The summed E-state index contributed by atoms with van der Waals surface area (Å²) in [6.07, 6.45) is 5.36. The van der Waals surface area contributed by atoms with Crippen LogP contribution >= 0.6 is 0 Å². The van der Waals surface area contributed by atoms with Gasteiger partial charge >= 0.3 is 6.15 Å². The Morgan fingerprint density at radius 2 is 1.62 bits per heavy atom. The van der Waals surface area contributed by atoms with Crippen molar-refractivity contribution >= 4 is 18.0 Å². The molecule has 1 aliphatic heterocycles. The number of amides is 2. The lowest BCUT2D eigenvalue weighted by Gasteiger charge is -2.17. The highest BCUT2D eigenvalue weighted by Crippen LogP contribution is 2.52. The van der Waals surface area contributed by atoms with Gasteiger partial charge < -0.3 is 0 Å². The van der Waals surface area contributed by atoms with Crippen LogP contribution in [0.2, 0.25) is 0 Å². The van der Waals surface area contributed by atoms with E-state index in [2.05, 4.69) is 12.2 Å². The highest BCUT2D eigenvalue weighted by molar-refractivity contribution is 6.05. The molecule has 124 valence electrons. The van der Waals surface area contributed by atoms with Gasteiger partial charge in [-0.3, -0.25) is 14.4 Å². The van der Waals surface area contributed by atoms with Gasteiger partial charge in [-0.2, -0.15) is 14.7 Å². The van der Waals surface area contributed by atoms with Gasteiger partial charge in [-0.1, -0.05) is 36.4 Å². The Bertz CT molecular complexity index is 705. The molecule has 3 aliphatic rings. The van der Waals surface area contributed by atoms with Gasteiger partial charge in [-0.25, -0.2) is 0 Å². The summed E-state index contributed by atoms with van der Waals surface area (Å²) in [4.78, 5) is 46.7. The number of nitrogens with zero attached hydrogens (tertiary/aromatic N) is 1. The van der Waals surface area contributed by atoms with Crippen LogP contribution in [0.15, 0.2) is 36.4 Å². The number of imide groups is 1. The van der Waals surface area contributed by atoms with Crippen LogP contribution in [0.4, 0.5) is 0 Å².